The highest BCUT2D eigenvalue weighted by molar-refractivity contribution is 14.1. The summed E-state index contributed by atoms with van der Waals surface area (Å²) in [6.07, 6.45) is 0.268. The molecule has 5 nitrogen and oxygen atoms in total. The smallest absolute Gasteiger partial charge is 0.272 e. The Morgan fingerprint density at radius 1 is 1.28 bits per heavy atom. The number of rotatable bonds is 3. The van der Waals surface area contributed by atoms with Gasteiger partial charge in [0.1, 0.15) is 5.82 Å². The highest BCUT2D eigenvalue weighted by Gasteiger charge is 2.30. The van der Waals surface area contributed by atoms with Crippen LogP contribution in [0.3, 0.4) is 0 Å². The van der Waals surface area contributed by atoms with Gasteiger partial charge in [-0.25, -0.2) is 4.39 Å². The Kier molecular flexibility index (Phi) is 5.11. The zero-order chi connectivity index (χ0) is 18.0. The third-order valence-corrected chi connectivity index (χ3v) is 4.48. The lowest BCUT2D eigenvalue weighted by atomic mass is 9.97. The first kappa shape index (κ1) is 17.5. The molecule has 0 bridgehead atoms. The highest BCUT2D eigenvalue weighted by Crippen LogP contribution is 2.22. The number of carbonyl (C=O) groups excluding carboxylic acids is 2. The van der Waals surface area contributed by atoms with Crippen LogP contribution in [0.1, 0.15) is 33.5 Å². The van der Waals surface area contributed by atoms with Gasteiger partial charge in [-0.2, -0.15) is 5.26 Å². The second-order valence-corrected chi connectivity index (χ2v) is 6.72. The molecule has 7 heteroatoms. The lowest BCUT2D eigenvalue weighted by molar-refractivity contribution is -0.148. The van der Waals surface area contributed by atoms with Crippen LogP contribution in [0.2, 0.25) is 0 Å². The number of amides is 2. The average Bonchev–Trinajstić information content (AvgIpc) is 3.02. The second kappa shape index (κ2) is 7.29. The number of hydrogen-bond donors (Lipinski definition) is 0. The molecule has 0 radical (unpaired) electrons. The van der Waals surface area contributed by atoms with E-state index in [-0.39, 0.29) is 30.8 Å². The summed E-state index contributed by atoms with van der Waals surface area (Å²) in [5.41, 5.74) is 1.43. The molecule has 2 aromatic rings. The maximum Gasteiger partial charge on any atom is 0.285 e. The normalized spacial score (nSPS) is 13.8. The average molecular weight is 450 g/mol. The lowest BCUT2D eigenvalue weighted by Crippen LogP contribution is -2.31. The Morgan fingerprint density at radius 2 is 2.08 bits per heavy atom. The Balaban J connectivity index is 2.00. The van der Waals surface area contributed by atoms with Crippen LogP contribution >= 0.6 is 22.6 Å². The van der Waals surface area contributed by atoms with Gasteiger partial charge in [0, 0.05) is 15.6 Å². The standard InChI is InChI=1S/C18H12FIN2O3/c19-16-9-14(20)3-2-12(16)8-13-7-11(10-21)1-4-15(13)18(24)22-17(23)5-6-25-22/h1-4,7,9H,5-6,8H2. The van der Waals surface area contributed by atoms with Gasteiger partial charge in [0.25, 0.3) is 11.8 Å². The summed E-state index contributed by atoms with van der Waals surface area (Å²) in [6.45, 7) is 0.155. The van der Waals surface area contributed by atoms with E-state index in [1.54, 1.807) is 12.1 Å². The van der Waals surface area contributed by atoms with Crippen LogP contribution in [0.5, 0.6) is 0 Å². The summed E-state index contributed by atoms with van der Waals surface area (Å²) >= 11 is 2.01. The number of nitriles is 1. The summed E-state index contributed by atoms with van der Waals surface area (Å²) in [5, 5.41) is 9.83. The van der Waals surface area contributed by atoms with Crippen molar-refractivity contribution in [1.82, 2.24) is 5.06 Å². The molecule has 1 aliphatic heterocycles. The molecule has 1 saturated heterocycles. The zero-order valence-corrected chi connectivity index (χ0v) is 15.1. The topological polar surface area (TPSA) is 70.4 Å². The number of halogens is 2. The molecular formula is C18H12FIN2O3. The highest BCUT2D eigenvalue weighted by atomic mass is 127. The van der Waals surface area contributed by atoms with Gasteiger partial charge in [-0.15, -0.1) is 5.06 Å². The van der Waals surface area contributed by atoms with Gasteiger partial charge in [0.15, 0.2) is 0 Å². The number of nitrogens with zero attached hydrogens (tertiary/aromatic N) is 2. The molecule has 25 heavy (non-hydrogen) atoms. The minimum absolute atomic E-state index is 0.126. The number of imide groups is 1. The molecule has 1 heterocycles. The molecule has 2 aromatic carbocycles. The Morgan fingerprint density at radius 3 is 2.72 bits per heavy atom. The Labute approximate surface area is 157 Å². The first-order valence-corrected chi connectivity index (χ1v) is 8.54. The van der Waals surface area contributed by atoms with Crippen LogP contribution in [0.4, 0.5) is 4.39 Å². The third-order valence-electron chi connectivity index (χ3n) is 3.81. The molecule has 0 N–H and O–H groups in total. The van der Waals surface area contributed by atoms with E-state index < -0.39 is 11.8 Å². The predicted octanol–water partition coefficient (Wildman–Crippen LogP) is 3.20. The van der Waals surface area contributed by atoms with Crippen molar-refractivity contribution in [2.45, 2.75) is 12.8 Å². The first-order valence-electron chi connectivity index (χ1n) is 7.47. The summed E-state index contributed by atoms with van der Waals surface area (Å²) in [5.74, 6) is -1.41. The molecule has 0 unspecified atom stereocenters. The summed E-state index contributed by atoms with van der Waals surface area (Å²) in [6, 6.07) is 11.3. The van der Waals surface area contributed by atoms with Crippen LogP contribution in [0, 0.1) is 20.7 Å². The van der Waals surface area contributed by atoms with Crippen LogP contribution in [0.25, 0.3) is 0 Å². The summed E-state index contributed by atoms with van der Waals surface area (Å²) in [7, 11) is 0. The molecule has 0 spiro atoms. The van der Waals surface area contributed by atoms with Gasteiger partial charge < -0.3 is 0 Å². The molecule has 0 aliphatic carbocycles. The van der Waals surface area contributed by atoms with Crippen molar-refractivity contribution in [3.8, 4) is 6.07 Å². The number of hydroxylamine groups is 2. The monoisotopic (exact) mass is 450 g/mol. The molecule has 3 rings (SSSR count). The van der Waals surface area contributed by atoms with Crippen LogP contribution in [-0.4, -0.2) is 23.5 Å². The molecule has 1 fully saturated rings. The van der Waals surface area contributed by atoms with E-state index in [1.165, 1.54) is 24.3 Å². The quantitative estimate of drug-likeness (QED) is 0.532. The third kappa shape index (κ3) is 3.70. The van der Waals surface area contributed by atoms with Gasteiger partial charge >= 0.3 is 0 Å². The number of benzene rings is 2. The van der Waals surface area contributed by atoms with E-state index in [0.717, 1.165) is 8.63 Å². The minimum atomic E-state index is -0.604. The molecule has 0 atom stereocenters. The van der Waals surface area contributed by atoms with Crippen molar-refractivity contribution in [3.05, 3.63) is 68.0 Å². The van der Waals surface area contributed by atoms with Crippen LogP contribution in [-0.2, 0) is 16.1 Å². The van der Waals surface area contributed by atoms with E-state index in [9.17, 15) is 14.0 Å². The zero-order valence-electron chi connectivity index (χ0n) is 13.0. The SMILES string of the molecule is N#Cc1ccc(C(=O)N2OCCC2=O)c(Cc2ccc(I)cc2F)c1. The fraction of sp³-hybridized carbons (Fsp3) is 0.167. The first-order chi connectivity index (χ1) is 12.0. The summed E-state index contributed by atoms with van der Waals surface area (Å²) in [4.78, 5) is 29.4. The van der Waals surface area contributed by atoms with Gasteiger partial charge in [-0.05, 0) is 64.0 Å². The van der Waals surface area contributed by atoms with Gasteiger partial charge in [-0.1, -0.05) is 6.07 Å². The molecule has 0 saturated carbocycles. The van der Waals surface area contributed by atoms with E-state index in [4.69, 9.17) is 10.1 Å². The molecule has 1 aliphatic rings. The second-order valence-electron chi connectivity index (χ2n) is 5.47. The van der Waals surface area contributed by atoms with Gasteiger partial charge in [-0.3, -0.25) is 14.4 Å². The lowest BCUT2D eigenvalue weighted by Gasteiger charge is -2.15. The van der Waals surface area contributed by atoms with E-state index in [0.29, 0.717) is 16.7 Å². The number of hydrogen-bond acceptors (Lipinski definition) is 4. The van der Waals surface area contributed by atoms with Crippen molar-refractivity contribution in [1.29, 1.82) is 5.26 Å². The Hall–Kier alpha value is -2.31. The predicted molar refractivity (Wildman–Crippen MR) is 94.8 cm³/mol. The Bertz CT molecular complexity index is 908. The summed E-state index contributed by atoms with van der Waals surface area (Å²) < 4.78 is 14.9. The van der Waals surface area contributed by atoms with Crippen molar-refractivity contribution < 1.29 is 18.8 Å². The van der Waals surface area contributed by atoms with Crippen LogP contribution in [0.15, 0.2) is 36.4 Å². The van der Waals surface area contributed by atoms with Crippen LogP contribution < -0.4 is 0 Å². The fourth-order valence-corrected chi connectivity index (χ4v) is 3.02. The number of carbonyl (C=O) groups is 2. The molecule has 0 aromatic heterocycles. The maximum absolute atomic E-state index is 14.2. The van der Waals surface area contributed by atoms with Crippen molar-refractivity contribution in [3.63, 3.8) is 0 Å². The van der Waals surface area contributed by atoms with E-state index in [2.05, 4.69) is 0 Å². The maximum atomic E-state index is 14.2. The van der Waals surface area contributed by atoms with Crippen molar-refractivity contribution >= 4 is 34.4 Å². The van der Waals surface area contributed by atoms with Crippen molar-refractivity contribution in [2.24, 2.45) is 0 Å². The molecular weight excluding hydrogens is 438 g/mol. The molecule has 2 amide bonds. The van der Waals surface area contributed by atoms with E-state index in [1.807, 2.05) is 28.7 Å². The van der Waals surface area contributed by atoms with Gasteiger partial charge in [0.05, 0.1) is 24.7 Å². The van der Waals surface area contributed by atoms with Crippen molar-refractivity contribution in [2.75, 3.05) is 6.61 Å². The van der Waals surface area contributed by atoms with E-state index >= 15 is 0 Å². The largest absolute Gasteiger partial charge is 0.285 e. The fourth-order valence-electron chi connectivity index (χ4n) is 2.57. The minimum Gasteiger partial charge on any atom is -0.272 e. The van der Waals surface area contributed by atoms with Gasteiger partial charge in [0.2, 0.25) is 0 Å². The molecule has 126 valence electrons.